The molecule has 1 aromatic heterocycles. The van der Waals surface area contributed by atoms with Crippen LogP contribution in [0.4, 0.5) is 5.69 Å². The molecule has 1 aliphatic rings. The Morgan fingerprint density at radius 1 is 1.65 bits per heavy atom. The fourth-order valence-corrected chi connectivity index (χ4v) is 2.15. The molecule has 0 aliphatic heterocycles. The summed E-state index contributed by atoms with van der Waals surface area (Å²) < 4.78 is 6.11. The molecule has 92 valence electrons. The van der Waals surface area contributed by atoms with Crippen LogP contribution in [0.2, 0.25) is 0 Å². The number of aromatic nitrogens is 1. The zero-order valence-corrected chi connectivity index (χ0v) is 10.6. The molecular formula is C10H12BrN3O3. The van der Waals surface area contributed by atoms with Gasteiger partial charge >= 0.3 is 0 Å². The van der Waals surface area contributed by atoms with Crippen LogP contribution in [0.15, 0.2) is 16.7 Å². The lowest BCUT2D eigenvalue weighted by Crippen LogP contribution is -2.38. The fraction of sp³-hybridized carbons (Fsp3) is 0.500. The minimum atomic E-state index is -0.491. The van der Waals surface area contributed by atoms with Crippen molar-refractivity contribution in [2.75, 3.05) is 6.54 Å². The summed E-state index contributed by atoms with van der Waals surface area (Å²) in [5.41, 5.74) is 5.46. The van der Waals surface area contributed by atoms with Crippen molar-refractivity contribution in [2.45, 2.75) is 18.9 Å². The summed E-state index contributed by atoms with van der Waals surface area (Å²) >= 11 is 3.21. The van der Waals surface area contributed by atoms with Crippen molar-refractivity contribution in [2.24, 2.45) is 11.7 Å². The van der Waals surface area contributed by atoms with Crippen LogP contribution in [0.5, 0.6) is 5.88 Å². The van der Waals surface area contributed by atoms with Gasteiger partial charge in [0, 0.05) is 6.07 Å². The number of hydrogen-bond acceptors (Lipinski definition) is 5. The van der Waals surface area contributed by atoms with Crippen LogP contribution in [-0.2, 0) is 0 Å². The molecule has 0 amide bonds. The summed E-state index contributed by atoms with van der Waals surface area (Å²) in [5.74, 6) is 0.924. The molecule has 0 spiro atoms. The first-order valence-electron chi connectivity index (χ1n) is 5.26. The van der Waals surface area contributed by atoms with Gasteiger partial charge in [-0.05, 0) is 41.2 Å². The highest BCUT2D eigenvalue weighted by molar-refractivity contribution is 9.10. The average Bonchev–Trinajstić information content (AvgIpc) is 2.24. The summed E-state index contributed by atoms with van der Waals surface area (Å²) in [5, 5.41) is 10.5. The van der Waals surface area contributed by atoms with Gasteiger partial charge in [-0.1, -0.05) is 0 Å². The summed E-state index contributed by atoms with van der Waals surface area (Å²) in [6, 6.07) is 1.39. The second-order valence-corrected chi connectivity index (χ2v) is 4.90. The van der Waals surface area contributed by atoms with E-state index >= 15 is 0 Å². The predicted molar refractivity (Wildman–Crippen MR) is 64.8 cm³/mol. The first-order valence-corrected chi connectivity index (χ1v) is 6.06. The van der Waals surface area contributed by atoms with Crippen molar-refractivity contribution >= 4 is 21.6 Å². The standard InChI is InChI=1S/C10H12BrN3O3/c11-9-3-7(14(15)16)5-13-10(9)17-8-1-6(2-8)4-12/h3,5-6,8H,1-2,4,12H2. The number of nitrogens with zero attached hydrogens (tertiary/aromatic N) is 2. The maximum Gasteiger partial charge on any atom is 0.288 e. The van der Waals surface area contributed by atoms with Gasteiger partial charge in [0.05, 0.1) is 9.40 Å². The van der Waals surface area contributed by atoms with E-state index in [1.54, 1.807) is 0 Å². The van der Waals surface area contributed by atoms with Crippen molar-refractivity contribution in [3.8, 4) is 5.88 Å². The Labute approximate surface area is 106 Å². The smallest absolute Gasteiger partial charge is 0.288 e. The van der Waals surface area contributed by atoms with Gasteiger partial charge in [-0.2, -0.15) is 0 Å². The van der Waals surface area contributed by atoms with Crippen molar-refractivity contribution in [3.63, 3.8) is 0 Å². The molecule has 1 aromatic rings. The van der Waals surface area contributed by atoms with E-state index in [0.717, 1.165) is 12.8 Å². The third-order valence-electron chi connectivity index (χ3n) is 2.81. The molecule has 6 nitrogen and oxygen atoms in total. The first kappa shape index (κ1) is 12.3. The summed E-state index contributed by atoms with van der Waals surface area (Å²) in [6.45, 7) is 0.675. The summed E-state index contributed by atoms with van der Waals surface area (Å²) in [6.07, 6.45) is 3.15. The number of ether oxygens (including phenoxy) is 1. The number of nitrogens with two attached hydrogens (primary N) is 1. The molecule has 2 rings (SSSR count). The number of rotatable bonds is 4. The summed E-state index contributed by atoms with van der Waals surface area (Å²) in [7, 11) is 0. The zero-order chi connectivity index (χ0) is 12.4. The van der Waals surface area contributed by atoms with Crippen LogP contribution in [0, 0.1) is 16.0 Å². The van der Waals surface area contributed by atoms with E-state index < -0.39 is 4.92 Å². The lowest BCUT2D eigenvalue weighted by molar-refractivity contribution is -0.385. The highest BCUT2D eigenvalue weighted by Crippen LogP contribution is 2.33. The maximum atomic E-state index is 10.5. The lowest BCUT2D eigenvalue weighted by atomic mass is 9.82. The predicted octanol–water partition coefficient (Wildman–Crippen LogP) is 1.87. The van der Waals surface area contributed by atoms with E-state index in [4.69, 9.17) is 10.5 Å². The Balaban J connectivity index is 2.00. The molecule has 7 heteroatoms. The minimum absolute atomic E-state index is 0.0577. The molecule has 0 aromatic carbocycles. The van der Waals surface area contributed by atoms with E-state index in [0.29, 0.717) is 22.8 Å². The third-order valence-corrected chi connectivity index (χ3v) is 3.38. The molecular weight excluding hydrogens is 290 g/mol. The summed E-state index contributed by atoms with van der Waals surface area (Å²) in [4.78, 5) is 14.0. The molecule has 0 saturated heterocycles. The molecule has 0 unspecified atom stereocenters. The van der Waals surface area contributed by atoms with Gasteiger partial charge in [0.15, 0.2) is 0 Å². The van der Waals surface area contributed by atoms with Crippen LogP contribution >= 0.6 is 15.9 Å². The van der Waals surface area contributed by atoms with Crippen LogP contribution in [0.25, 0.3) is 0 Å². The number of halogens is 1. The molecule has 0 bridgehead atoms. The van der Waals surface area contributed by atoms with Crippen LogP contribution in [-0.4, -0.2) is 22.6 Å². The molecule has 1 fully saturated rings. The Morgan fingerprint density at radius 2 is 2.35 bits per heavy atom. The van der Waals surface area contributed by atoms with Crippen molar-refractivity contribution in [1.29, 1.82) is 0 Å². The van der Waals surface area contributed by atoms with Crippen molar-refractivity contribution in [3.05, 3.63) is 26.9 Å². The van der Waals surface area contributed by atoms with E-state index in [1.165, 1.54) is 12.3 Å². The van der Waals surface area contributed by atoms with E-state index in [-0.39, 0.29) is 11.8 Å². The van der Waals surface area contributed by atoms with Crippen molar-refractivity contribution < 1.29 is 9.66 Å². The third kappa shape index (κ3) is 2.73. The topological polar surface area (TPSA) is 91.3 Å². The highest BCUT2D eigenvalue weighted by Gasteiger charge is 2.30. The fourth-order valence-electron chi connectivity index (χ4n) is 1.72. The van der Waals surface area contributed by atoms with Gasteiger partial charge in [-0.15, -0.1) is 0 Å². The Bertz CT molecular complexity index is 435. The SMILES string of the molecule is NCC1CC(Oc2ncc([N+](=O)[O-])cc2Br)C1. The molecule has 1 heterocycles. The zero-order valence-electron chi connectivity index (χ0n) is 9.01. The van der Waals surface area contributed by atoms with Crippen molar-refractivity contribution in [1.82, 2.24) is 4.98 Å². The van der Waals surface area contributed by atoms with Crippen LogP contribution in [0.1, 0.15) is 12.8 Å². The van der Waals surface area contributed by atoms with Crippen LogP contribution < -0.4 is 10.5 Å². The minimum Gasteiger partial charge on any atom is -0.474 e. The molecule has 0 atom stereocenters. The molecule has 1 aliphatic carbocycles. The molecule has 2 N–H and O–H groups in total. The van der Waals surface area contributed by atoms with Gasteiger partial charge in [0.1, 0.15) is 12.3 Å². The number of hydrogen-bond donors (Lipinski definition) is 1. The van der Waals surface area contributed by atoms with E-state index in [1.807, 2.05) is 0 Å². The van der Waals surface area contributed by atoms with E-state index in [9.17, 15) is 10.1 Å². The second kappa shape index (κ2) is 4.97. The monoisotopic (exact) mass is 301 g/mol. The quantitative estimate of drug-likeness (QED) is 0.677. The Kier molecular flexibility index (Phi) is 3.58. The largest absolute Gasteiger partial charge is 0.474 e. The van der Waals surface area contributed by atoms with Gasteiger partial charge < -0.3 is 10.5 Å². The van der Waals surface area contributed by atoms with Gasteiger partial charge in [-0.3, -0.25) is 10.1 Å². The normalized spacial score (nSPS) is 22.9. The lowest BCUT2D eigenvalue weighted by Gasteiger charge is -2.34. The maximum absolute atomic E-state index is 10.5. The van der Waals surface area contributed by atoms with Crippen LogP contribution in [0.3, 0.4) is 0 Å². The van der Waals surface area contributed by atoms with E-state index in [2.05, 4.69) is 20.9 Å². The number of nitro groups is 1. The molecule has 0 radical (unpaired) electrons. The first-order chi connectivity index (χ1) is 8.10. The average molecular weight is 302 g/mol. The van der Waals surface area contributed by atoms with Gasteiger partial charge in [0.2, 0.25) is 5.88 Å². The molecule has 1 saturated carbocycles. The highest BCUT2D eigenvalue weighted by atomic mass is 79.9. The Morgan fingerprint density at radius 3 is 2.88 bits per heavy atom. The number of pyridine rings is 1. The van der Waals surface area contributed by atoms with Gasteiger partial charge in [0.25, 0.3) is 5.69 Å². The van der Waals surface area contributed by atoms with Gasteiger partial charge in [-0.25, -0.2) is 4.98 Å². The second-order valence-electron chi connectivity index (χ2n) is 4.05. The molecule has 17 heavy (non-hydrogen) atoms. The Hall–Kier alpha value is -1.21.